The molecule has 3 N–H and O–H groups in total. The van der Waals surface area contributed by atoms with Crippen molar-refractivity contribution in [1.82, 2.24) is 14.5 Å². The Hall–Kier alpha value is -2.89. The fraction of sp³-hybridized carbons (Fsp3) is 0.0667. The molecule has 28 heavy (non-hydrogen) atoms. The van der Waals surface area contributed by atoms with Gasteiger partial charge in [0.2, 0.25) is 0 Å². The third kappa shape index (κ3) is 3.46. The number of nitrogens with one attached hydrogen (secondary N) is 2. The number of pyridine rings is 1. The zero-order valence-corrected chi connectivity index (χ0v) is 16.2. The number of hydrogen-bond acceptors (Lipinski definition) is 6. The molecule has 2 heterocycles. The number of carboxylic acid groups (broad SMARTS) is 1. The van der Waals surface area contributed by atoms with Gasteiger partial charge in [-0.25, -0.2) is 23.0 Å². The number of carboxylic acids is 1. The molecule has 1 aromatic carbocycles. The first-order chi connectivity index (χ1) is 13.0. The van der Waals surface area contributed by atoms with E-state index in [0.29, 0.717) is 0 Å². The van der Waals surface area contributed by atoms with Gasteiger partial charge in [0.1, 0.15) is 10.5 Å². The minimum Gasteiger partial charge on any atom is -0.478 e. The standard InChI is InChI=1S/C15H10Cl2N4O6S/c1-21-12-8(13(22)19-15(21)25)2-6(5-18-12)28(26,27)20-11-4-10(17)9(16)3-7(11)14(23)24/h2-5,20H,1H3,(H,23,24)(H,19,22,25). The van der Waals surface area contributed by atoms with Gasteiger partial charge in [-0.3, -0.25) is 19.1 Å². The van der Waals surface area contributed by atoms with Crippen molar-refractivity contribution in [2.24, 2.45) is 7.05 Å². The van der Waals surface area contributed by atoms with Crippen molar-refractivity contribution in [3.05, 3.63) is 60.8 Å². The summed E-state index contributed by atoms with van der Waals surface area (Å²) in [6, 6.07) is 3.07. The highest BCUT2D eigenvalue weighted by atomic mass is 35.5. The van der Waals surface area contributed by atoms with Crippen LogP contribution in [0.15, 0.2) is 38.9 Å². The Morgan fingerprint density at radius 2 is 1.86 bits per heavy atom. The first-order valence-corrected chi connectivity index (χ1v) is 9.59. The molecule has 0 aliphatic heterocycles. The molecule has 0 saturated heterocycles. The predicted octanol–water partition coefficient (Wildman–Crippen LogP) is 1.43. The van der Waals surface area contributed by atoms with Gasteiger partial charge >= 0.3 is 11.7 Å². The van der Waals surface area contributed by atoms with Gasteiger partial charge in [-0.2, -0.15) is 0 Å². The predicted molar refractivity (Wildman–Crippen MR) is 102 cm³/mol. The Balaban J connectivity index is 2.15. The minimum absolute atomic E-state index is 0.0199. The minimum atomic E-state index is -4.35. The van der Waals surface area contributed by atoms with Gasteiger partial charge in [-0.15, -0.1) is 0 Å². The van der Waals surface area contributed by atoms with E-state index in [1.807, 2.05) is 4.98 Å². The van der Waals surface area contributed by atoms with Crippen LogP contribution >= 0.6 is 23.2 Å². The Kier molecular flexibility index (Phi) is 4.91. The van der Waals surface area contributed by atoms with Crippen LogP contribution in [0.25, 0.3) is 11.0 Å². The fourth-order valence-corrected chi connectivity index (χ4v) is 3.74. The number of H-pyrrole nitrogens is 1. The Morgan fingerprint density at radius 3 is 2.50 bits per heavy atom. The number of aromatic nitrogens is 3. The SMILES string of the molecule is Cn1c(=O)[nH]c(=O)c2cc(S(=O)(=O)Nc3cc(Cl)c(Cl)cc3C(=O)O)cnc21. The quantitative estimate of drug-likeness (QED) is 0.550. The molecule has 3 aromatic rings. The zero-order chi connectivity index (χ0) is 20.8. The van der Waals surface area contributed by atoms with E-state index in [9.17, 15) is 27.9 Å². The maximum Gasteiger partial charge on any atom is 0.337 e. The topological polar surface area (TPSA) is 151 Å². The van der Waals surface area contributed by atoms with E-state index in [0.717, 1.165) is 29.0 Å². The number of aryl methyl sites for hydroxylation is 1. The summed E-state index contributed by atoms with van der Waals surface area (Å²) < 4.78 is 28.5. The Labute approximate surface area is 166 Å². The number of hydrogen-bond donors (Lipinski definition) is 3. The molecule has 0 unspecified atom stereocenters. The van der Waals surface area contributed by atoms with Crippen molar-refractivity contribution in [2.75, 3.05) is 4.72 Å². The van der Waals surface area contributed by atoms with Gasteiger partial charge in [0.05, 0.1) is 26.7 Å². The molecule has 2 aromatic heterocycles. The van der Waals surface area contributed by atoms with Crippen LogP contribution in [0.3, 0.4) is 0 Å². The normalized spacial score (nSPS) is 11.5. The number of aromatic carboxylic acids is 1. The fourth-order valence-electron chi connectivity index (χ4n) is 2.38. The van der Waals surface area contributed by atoms with Gasteiger partial charge in [0.15, 0.2) is 0 Å². The smallest absolute Gasteiger partial charge is 0.337 e. The molecular weight excluding hydrogens is 435 g/mol. The van der Waals surface area contributed by atoms with Crippen molar-refractivity contribution >= 4 is 55.9 Å². The summed E-state index contributed by atoms with van der Waals surface area (Å²) in [6.07, 6.45) is 0.932. The van der Waals surface area contributed by atoms with E-state index < -0.39 is 37.7 Å². The molecule has 0 fully saturated rings. The second-order valence-electron chi connectivity index (χ2n) is 5.58. The molecule has 13 heteroatoms. The van der Waals surface area contributed by atoms with Crippen LogP contribution in [0.5, 0.6) is 0 Å². The maximum atomic E-state index is 12.7. The molecule has 0 aliphatic carbocycles. The van der Waals surface area contributed by atoms with Crippen LogP contribution < -0.4 is 16.0 Å². The summed E-state index contributed by atoms with van der Waals surface area (Å²) in [5.41, 5.74) is -2.29. The van der Waals surface area contributed by atoms with Gasteiger partial charge in [-0.05, 0) is 18.2 Å². The lowest BCUT2D eigenvalue weighted by atomic mass is 10.2. The van der Waals surface area contributed by atoms with Gasteiger partial charge in [0.25, 0.3) is 15.6 Å². The number of aromatic amines is 1. The number of halogens is 2. The number of fused-ring (bicyclic) bond motifs is 1. The van der Waals surface area contributed by atoms with Crippen LogP contribution in [0.4, 0.5) is 5.69 Å². The van der Waals surface area contributed by atoms with Gasteiger partial charge in [-0.1, -0.05) is 23.2 Å². The molecule has 0 saturated carbocycles. The summed E-state index contributed by atoms with van der Waals surface area (Å²) in [6.45, 7) is 0. The van der Waals surface area contributed by atoms with Gasteiger partial charge in [0, 0.05) is 13.2 Å². The highest BCUT2D eigenvalue weighted by Gasteiger charge is 2.22. The van der Waals surface area contributed by atoms with E-state index in [4.69, 9.17) is 23.2 Å². The van der Waals surface area contributed by atoms with Crippen molar-refractivity contribution in [3.8, 4) is 0 Å². The van der Waals surface area contributed by atoms with Gasteiger partial charge < -0.3 is 5.11 Å². The molecule has 0 amide bonds. The molecule has 3 rings (SSSR count). The lowest BCUT2D eigenvalue weighted by Crippen LogP contribution is -2.29. The molecular formula is C15H10Cl2N4O6S. The van der Waals surface area contributed by atoms with Crippen LogP contribution in [0, 0.1) is 0 Å². The Morgan fingerprint density at radius 1 is 1.21 bits per heavy atom. The molecule has 0 bridgehead atoms. The first-order valence-electron chi connectivity index (χ1n) is 7.35. The molecule has 0 radical (unpaired) electrons. The molecule has 10 nitrogen and oxygen atoms in total. The summed E-state index contributed by atoms with van der Waals surface area (Å²) >= 11 is 11.6. The molecule has 0 atom stereocenters. The first kappa shape index (κ1) is 19.9. The van der Waals surface area contributed by atoms with E-state index in [1.165, 1.54) is 7.05 Å². The number of benzene rings is 1. The van der Waals surface area contributed by atoms with Crippen LogP contribution in [-0.4, -0.2) is 34.0 Å². The molecule has 0 spiro atoms. The van der Waals surface area contributed by atoms with Crippen LogP contribution in [0.1, 0.15) is 10.4 Å². The van der Waals surface area contributed by atoms with Crippen molar-refractivity contribution in [1.29, 1.82) is 0 Å². The van der Waals surface area contributed by atoms with Crippen LogP contribution in [0.2, 0.25) is 10.0 Å². The van der Waals surface area contributed by atoms with E-state index in [2.05, 4.69) is 9.71 Å². The lowest BCUT2D eigenvalue weighted by molar-refractivity contribution is 0.0698. The number of nitrogens with zero attached hydrogens (tertiary/aromatic N) is 2. The second kappa shape index (κ2) is 6.93. The summed E-state index contributed by atoms with van der Waals surface area (Å²) in [7, 11) is -2.99. The maximum absolute atomic E-state index is 12.7. The van der Waals surface area contributed by atoms with E-state index in [1.54, 1.807) is 0 Å². The summed E-state index contributed by atoms with van der Waals surface area (Å²) in [5.74, 6) is -1.43. The van der Waals surface area contributed by atoms with Crippen molar-refractivity contribution in [3.63, 3.8) is 0 Å². The summed E-state index contributed by atoms with van der Waals surface area (Å²) in [5, 5.41) is 8.98. The number of carbonyl (C=O) groups is 1. The average molecular weight is 445 g/mol. The molecule has 146 valence electrons. The van der Waals surface area contributed by atoms with E-state index >= 15 is 0 Å². The Bertz CT molecular complexity index is 1360. The lowest BCUT2D eigenvalue weighted by Gasteiger charge is -2.12. The summed E-state index contributed by atoms with van der Waals surface area (Å²) in [4.78, 5) is 40.4. The zero-order valence-electron chi connectivity index (χ0n) is 13.9. The number of rotatable bonds is 4. The van der Waals surface area contributed by atoms with Crippen molar-refractivity contribution in [2.45, 2.75) is 4.90 Å². The highest BCUT2D eigenvalue weighted by molar-refractivity contribution is 7.92. The highest BCUT2D eigenvalue weighted by Crippen LogP contribution is 2.30. The third-order valence-corrected chi connectivity index (χ3v) is 5.83. The molecule has 0 aliphatic rings. The number of sulfonamides is 1. The van der Waals surface area contributed by atoms with Crippen molar-refractivity contribution < 1.29 is 18.3 Å². The monoisotopic (exact) mass is 444 g/mol. The second-order valence-corrected chi connectivity index (χ2v) is 8.08. The third-order valence-electron chi connectivity index (χ3n) is 3.77. The largest absolute Gasteiger partial charge is 0.478 e. The average Bonchev–Trinajstić information content (AvgIpc) is 2.61. The number of anilines is 1. The van der Waals surface area contributed by atoms with E-state index in [-0.39, 0.29) is 26.8 Å². The van der Waals surface area contributed by atoms with Crippen LogP contribution in [-0.2, 0) is 17.1 Å².